The highest BCUT2D eigenvalue weighted by Gasteiger charge is 2.40. The summed E-state index contributed by atoms with van der Waals surface area (Å²) in [4.78, 5) is 27.0. The highest BCUT2D eigenvalue weighted by molar-refractivity contribution is 6.03. The Balaban J connectivity index is 1.49. The molecule has 3 rings (SSSR count). The SMILES string of the molecule is Cc1cccc(NC(=O)CC(=O)NCC2(N3CCCCC3)CCCC2)c1. The summed E-state index contributed by atoms with van der Waals surface area (Å²) in [5.41, 5.74) is 1.93. The number of piperidine rings is 1. The summed E-state index contributed by atoms with van der Waals surface area (Å²) in [6.07, 6.45) is 8.50. The summed E-state index contributed by atoms with van der Waals surface area (Å²) < 4.78 is 0. The highest BCUT2D eigenvalue weighted by atomic mass is 16.2. The van der Waals surface area contributed by atoms with E-state index in [0.29, 0.717) is 6.54 Å². The Kier molecular flexibility index (Phi) is 6.30. The van der Waals surface area contributed by atoms with Crippen molar-refractivity contribution in [3.05, 3.63) is 29.8 Å². The molecule has 0 unspecified atom stereocenters. The molecule has 0 aromatic heterocycles. The number of likely N-dealkylation sites (tertiary alicyclic amines) is 1. The lowest BCUT2D eigenvalue weighted by Gasteiger charge is -2.43. The summed E-state index contributed by atoms with van der Waals surface area (Å²) in [5.74, 6) is -0.440. The molecular formula is C21H31N3O2. The number of carbonyl (C=O) groups excluding carboxylic acids is 2. The lowest BCUT2D eigenvalue weighted by atomic mass is 9.92. The number of anilines is 1. The number of amides is 2. The van der Waals surface area contributed by atoms with Crippen LogP contribution in [-0.2, 0) is 9.59 Å². The van der Waals surface area contributed by atoms with Gasteiger partial charge >= 0.3 is 0 Å². The lowest BCUT2D eigenvalue weighted by Crippen LogP contribution is -2.55. The summed E-state index contributed by atoms with van der Waals surface area (Å²) in [6.45, 7) is 4.93. The number of aryl methyl sites for hydroxylation is 1. The second-order valence-corrected chi connectivity index (χ2v) is 7.85. The zero-order chi connectivity index (χ0) is 18.4. The van der Waals surface area contributed by atoms with Gasteiger partial charge in [0.05, 0.1) is 0 Å². The Morgan fingerprint density at radius 2 is 1.77 bits per heavy atom. The molecule has 1 aromatic carbocycles. The number of hydrogen-bond acceptors (Lipinski definition) is 3. The molecular weight excluding hydrogens is 326 g/mol. The van der Waals surface area contributed by atoms with Gasteiger partial charge in [-0.05, 0) is 63.4 Å². The van der Waals surface area contributed by atoms with Crippen molar-refractivity contribution >= 4 is 17.5 Å². The van der Waals surface area contributed by atoms with E-state index in [1.54, 1.807) is 0 Å². The Bertz CT molecular complexity index is 632. The van der Waals surface area contributed by atoms with E-state index in [1.165, 1.54) is 32.1 Å². The fraction of sp³-hybridized carbons (Fsp3) is 0.619. The third-order valence-electron chi connectivity index (χ3n) is 5.80. The molecule has 1 saturated carbocycles. The van der Waals surface area contributed by atoms with Crippen LogP contribution in [-0.4, -0.2) is 41.9 Å². The van der Waals surface area contributed by atoms with E-state index in [-0.39, 0.29) is 23.8 Å². The van der Waals surface area contributed by atoms with Gasteiger partial charge in [0.1, 0.15) is 6.42 Å². The third kappa shape index (κ3) is 4.85. The molecule has 1 heterocycles. The Hall–Kier alpha value is -1.88. The maximum atomic E-state index is 12.3. The fourth-order valence-electron chi connectivity index (χ4n) is 4.41. The van der Waals surface area contributed by atoms with Crippen molar-refractivity contribution in [3.63, 3.8) is 0 Å². The predicted octanol–water partition coefficient (Wildman–Crippen LogP) is 3.24. The van der Waals surface area contributed by atoms with Crippen LogP contribution >= 0.6 is 0 Å². The monoisotopic (exact) mass is 357 g/mol. The normalized spacial score (nSPS) is 19.9. The summed E-state index contributed by atoms with van der Waals surface area (Å²) in [5, 5.41) is 5.85. The van der Waals surface area contributed by atoms with Crippen LogP contribution in [0.15, 0.2) is 24.3 Å². The van der Waals surface area contributed by atoms with Gasteiger partial charge in [0, 0.05) is 17.8 Å². The summed E-state index contributed by atoms with van der Waals surface area (Å²) in [6, 6.07) is 7.61. The average Bonchev–Trinajstić information content (AvgIpc) is 3.11. The van der Waals surface area contributed by atoms with Crippen molar-refractivity contribution in [1.29, 1.82) is 0 Å². The van der Waals surface area contributed by atoms with Gasteiger partial charge in [0.25, 0.3) is 0 Å². The topological polar surface area (TPSA) is 61.4 Å². The Morgan fingerprint density at radius 3 is 2.46 bits per heavy atom. The average molecular weight is 357 g/mol. The fourth-order valence-corrected chi connectivity index (χ4v) is 4.41. The van der Waals surface area contributed by atoms with Crippen LogP contribution in [0.25, 0.3) is 0 Å². The van der Waals surface area contributed by atoms with Crippen molar-refractivity contribution in [2.75, 3.05) is 25.0 Å². The molecule has 1 saturated heterocycles. The number of nitrogens with zero attached hydrogens (tertiary/aromatic N) is 1. The van der Waals surface area contributed by atoms with Gasteiger partial charge in [-0.1, -0.05) is 31.4 Å². The minimum Gasteiger partial charge on any atom is -0.354 e. The molecule has 2 fully saturated rings. The smallest absolute Gasteiger partial charge is 0.233 e. The van der Waals surface area contributed by atoms with E-state index in [0.717, 1.165) is 37.2 Å². The molecule has 26 heavy (non-hydrogen) atoms. The molecule has 142 valence electrons. The van der Waals surface area contributed by atoms with Crippen molar-refractivity contribution in [2.24, 2.45) is 0 Å². The van der Waals surface area contributed by atoms with Gasteiger partial charge in [0.15, 0.2) is 0 Å². The molecule has 0 bridgehead atoms. The Morgan fingerprint density at radius 1 is 1.04 bits per heavy atom. The molecule has 0 atom stereocenters. The van der Waals surface area contributed by atoms with Crippen LogP contribution < -0.4 is 10.6 Å². The Labute approximate surface area is 156 Å². The number of benzene rings is 1. The molecule has 1 aliphatic carbocycles. The largest absolute Gasteiger partial charge is 0.354 e. The number of rotatable bonds is 6. The number of carbonyl (C=O) groups is 2. The third-order valence-corrected chi connectivity index (χ3v) is 5.80. The van der Waals surface area contributed by atoms with Crippen LogP contribution in [0.3, 0.4) is 0 Å². The van der Waals surface area contributed by atoms with Crippen molar-refractivity contribution in [3.8, 4) is 0 Å². The van der Waals surface area contributed by atoms with Crippen LogP contribution in [0.4, 0.5) is 5.69 Å². The molecule has 2 aliphatic rings. The minimum absolute atomic E-state index is 0.114. The van der Waals surface area contributed by atoms with E-state index in [2.05, 4.69) is 15.5 Å². The number of hydrogen-bond donors (Lipinski definition) is 2. The van der Waals surface area contributed by atoms with Crippen LogP contribution in [0.1, 0.15) is 56.9 Å². The predicted molar refractivity (Wildman–Crippen MR) is 104 cm³/mol. The molecule has 1 aliphatic heterocycles. The van der Waals surface area contributed by atoms with E-state index in [9.17, 15) is 9.59 Å². The molecule has 2 amide bonds. The second-order valence-electron chi connectivity index (χ2n) is 7.85. The van der Waals surface area contributed by atoms with E-state index in [4.69, 9.17) is 0 Å². The first-order valence-electron chi connectivity index (χ1n) is 9.96. The van der Waals surface area contributed by atoms with E-state index >= 15 is 0 Å². The van der Waals surface area contributed by atoms with Gasteiger partial charge in [-0.25, -0.2) is 0 Å². The first-order chi connectivity index (χ1) is 12.6. The first kappa shape index (κ1) is 18.9. The molecule has 0 spiro atoms. The standard InChI is InChI=1S/C21H31N3O2/c1-17-8-7-9-18(14-17)23-20(26)15-19(25)22-16-21(10-3-4-11-21)24-12-5-2-6-13-24/h7-9,14H,2-6,10-13,15-16H2,1H3,(H,22,25)(H,23,26). The number of nitrogens with one attached hydrogen (secondary N) is 2. The first-order valence-corrected chi connectivity index (χ1v) is 9.96. The molecule has 5 nitrogen and oxygen atoms in total. The van der Waals surface area contributed by atoms with E-state index in [1.807, 2.05) is 31.2 Å². The van der Waals surface area contributed by atoms with E-state index < -0.39 is 0 Å². The quantitative estimate of drug-likeness (QED) is 0.769. The highest BCUT2D eigenvalue weighted by Crippen LogP contribution is 2.36. The molecule has 5 heteroatoms. The van der Waals surface area contributed by atoms with Crippen LogP contribution in [0.2, 0.25) is 0 Å². The van der Waals surface area contributed by atoms with Gasteiger partial charge in [-0.2, -0.15) is 0 Å². The van der Waals surface area contributed by atoms with Gasteiger partial charge in [0.2, 0.25) is 11.8 Å². The zero-order valence-corrected chi connectivity index (χ0v) is 15.9. The van der Waals surface area contributed by atoms with Crippen LogP contribution in [0, 0.1) is 6.92 Å². The molecule has 0 radical (unpaired) electrons. The maximum absolute atomic E-state index is 12.3. The lowest BCUT2D eigenvalue weighted by molar-refractivity contribution is -0.127. The van der Waals surface area contributed by atoms with Crippen molar-refractivity contribution in [2.45, 2.75) is 63.8 Å². The summed E-state index contributed by atoms with van der Waals surface area (Å²) in [7, 11) is 0. The van der Waals surface area contributed by atoms with Gasteiger partial charge in [-0.3, -0.25) is 14.5 Å². The van der Waals surface area contributed by atoms with Gasteiger partial charge < -0.3 is 10.6 Å². The maximum Gasteiger partial charge on any atom is 0.233 e. The van der Waals surface area contributed by atoms with Crippen molar-refractivity contribution in [1.82, 2.24) is 10.2 Å². The van der Waals surface area contributed by atoms with Crippen molar-refractivity contribution < 1.29 is 9.59 Å². The molecule has 1 aromatic rings. The van der Waals surface area contributed by atoms with Crippen LogP contribution in [0.5, 0.6) is 0 Å². The summed E-state index contributed by atoms with van der Waals surface area (Å²) >= 11 is 0. The zero-order valence-electron chi connectivity index (χ0n) is 15.9. The minimum atomic E-state index is -0.258. The second kappa shape index (κ2) is 8.67. The van der Waals surface area contributed by atoms with Gasteiger partial charge in [-0.15, -0.1) is 0 Å². The molecule has 2 N–H and O–H groups in total.